The van der Waals surface area contributed by atoms with Gasteiger partial charge in [-0.05, 0) is 106 Å². The molecule has 4 N–H and O–H groups in total. The van der Waals surface area contributed by atoms with Crippen molar-refractivity contribution in [3.63, 3.8) is 0 Å². The summed E-state index contributed by atoms with van der Waals surface area (Å²) in [4.78, 5) is 48.1. The Bertz CT molecular complexity index is 2130. The van der Waals surface area contributed by atoms with Crippen LogP contribution in [0.3, 0.4) is 0 Å². The maximum atomic E-state index is 13.1. The number of halogens is 1. The lowest BCUT2D eigenvalue weighted by molar-refractivity contribution is -0.136. The fraction of sp³-hybridized carbons (Fsp3) is 0.522. The molecule has 2 aliphatic carbocycles. The highest BCUT2D eigenvalue weighted by Crippen LogP contribution is 2.37. The lowest BCUT2D eigenvalue weighted by atomic mass is 9.91. The predicted molar refractivity (Wildman–Crippen MR) is 231 cm³/mol. The topological polar surface area (TPSA) is 155 Å². The van der Waals surface area contributed by atoms with E-state index >= 15 is 0 Å². The zero-order valence-corrected chi connectivity index (χ0v) is 35.4. The molecule has 4 heterocycles. The third-order valence-electron chi connectivity index (χ3n) is 12.5. The number of anilines is 1. The second-order valence-electron chi connectivity index (χ2n) is 17.0. The molecule has 60 heavy (non-hydrogen) atoms. The molecule has 13 nitrogen and oxygen atoms in total. The highest BCUT2D eigenvalue weighted by atomic mass is 35.5. The van der Waals surface area contributed by atoms with E-state index in [2.05, 4.69) is 55.6 Å². The number of carbonyl (C=O) groups is 3. The van der Waals surface area contributed by atoms with Crippen molar-refractivity contribution < 1.29 is 19.1 Å². The molecule has 4 aliphatic rings. The lowest BCUT2D eigenvalue weighted by Gasteiger charge is -2.30. The summed E-state index contributed by atoms with van der Waals surface area (Å²) >= 11 is 6.59. The fourth-order valence-electron chi connectivity index (χ4n) is 8.80. The number of imide groups is 1. The average molecular weight is 836 g/mol. The molecule has 14 heteroatoms. The minimum Gasteiger partial charge on any atom is -0.489 e. The quantitative estimate of drug-likeness (QED) is 0.0548. The molecule has 1 atom stereocenters. The van der Waals surface area contributed by atoms with Crippen LogP contribution in [0.2, 0.25) is 5.02 Å². The van der Waals surface area contributed by atoms with Gasteiger partial charge < -0.3 is 25.6 Å². The SMILES string of the molecule is Cn1ncc(-c2nc(N[C@H]3CC[C@H](NCCCCCCCNCc4ccc(COc5cccc6c5CN([C@H]5CCC(=O)NC5=O)C6=O)cc4)CC3)ncc2Cl)c1CC1CC1. The van der Waals surface area contributed by atoms with Crippen LogP contribution in [-0.2, 0) is 42.8 Å². The number of rotatable bonds is 20. The molecule has 4 aromatic rings. The van der Waals surface area contributed by atoms with Crippen LogP contribution in [0, 0.1) is 5.92 Å². The molecule has 0 bridgehead atoms. The Morgan fingerprint density at radius 2 is 1.60 bits per heavy atom. The maximum absolute atomic E-state index is 13.1. The smallest absolute Gasteiger partial charge is 0.255 e. The molecule has 8 rings (SSSR count). The zero-order chi connectivity index (χ0) is 41.4. The van der Waals surface area contributed by atoms with Crippen molar-refractivity contribution >= 4 is 35.3 Å². The highest BCUT2D eigenvalue weighted by molar-refractivity contribution is 6.33. The van der Waals surface area contributed by atoms with Crippen LogP contribution in [0.15, 0.2) is 54.9 Å². The van der Waals surface area contributed by atoms with E-state index in [0.29, 0.717) is 53.9 Å². The van der Waals surface area contributed by atoms with E-state index in [1.165, 1.54) is 56.2 Å². The van der Waals surface area contributed by atoms with Gasteiger partial charge in [-0.3, -0.25) is 24.4 Å². The Balaban J connectivity index is 0.660. The van der Waals surface area contributed by atoms with Gasteiger partial charge in [-0.1, -0.05) is 61.2 Å². The summed E-state index contributed by atoms with van der Waals surface area (Å²) < 4.78 is 8.14. The van der Waals surface area contributed by atoms with Gasteiger partial charge in [0.2, 0.25) is 17.8 Å². The molecule has 0 radical (unpaired) electrons. The Morgan fingerprint density at radius 1 is 0.850 bits per heavy atom. The molecule has 2 aliphatic heterocycles. The van der Waals surface area contributed by atoms with Gasteiger partial charge in [0.1, 0.15) is 18.4 Å². The Hall–Kier alpha value is -4.85. The minimum atomic E-state index is -0.645. The van der Waals surface area contributed by atoms with Gasteiger partial charge in [-0.25, -0.2) is 9.97 Å². The summed E-state index contributed by atoms with van der Waals surface area (Å²) in [6.07, 6.45) is 18.4. The van der Waals surface area contributed by atoms with Crippen molar-refractivity contribution in [3.8, 4) is 17.0 Å². The average Bonchev–Trinajstić information content (AvgIpc) is 3.92. The van der Waals surface area contributed by atoms with Gasteiger partial charge in [0.15, 0.2) is 0 Å². The number of ether oxygens (including phenoxy) is 1. The van der Waals surface area contributed by atoms with Crippen LogP contribution in [0.4, 0.5) is 5.95 Å². The molecule has 2 aromatic heterocycles. The normalized spacial score (nSPS) is 20.3. The summed E-state index contributed by atoms with van der Waals surface area (Å²) in [5.41, 5.74) is 6.60. The van der Waals surface area contributed by atoms with Crippen LogP contribution in [0.5, 0.6) is 5.75 Å². The van der Waals surface area contributed by atoms with Crippen molar-refractivity contribution in [2.45, 2.75) is 128 Å². The van der Waals surface area contributed by atoms with Gasteiger partial charge in [-0.15, -0.1) is 0 Å². The van der Waals surface area contributed by atoms with Gasteiger partial charge in [-0.2, -0.15) is 5.10 Å². The summed E-state index contributed by atoms with van der Waals surface area (Å²) in [5, 5.41) is 18.4. The third-order valence-corrected chi connectivity index (χ3v) is 12.8. The van der Waals surface area contributed by atoms with Crippen molar-refractivity contribution in [2.24, 2.45) is 13.0 Å². The largest absolute Gasteiger partial charge is 0.489 e. The molecular weight excluding hydrogens is 778 g/mol. The number of hydrogen-bond acceptors (Lipinski definition) is 10. The van der Waals surface area contributed by atoms with E-state index in [4.69, 9.17) is 21.3 Å². The standard InChI is InChI=1S/C46H58ClN9O4/c1-55-40(24-30-10-11-30)36(26-51-55)43-38(47)27-50-46(54-43)52-34-18-16-33(17-19-34)49-23-6-4-2-3-5-22-48-25-31-12-14-32(15-13-31)29-60-41-9-7-8-35-37(41)28-56(45(35)59)39-20-21-42(57)53-44(39)58/h7-9,12-15,26-27,30,33-34,39,48-49H,2-6,10-11,16-25,28-29H2,1H3,(H,50,52,54)(H,53,57,58)/t33-,34-,39-/m0/s1. The van der Waals surface area contributed by atoms with E-state index in [1.807, 2.05) is 30.1 Å². The number of nitrogens with zero attached hydrogens (tertiary/aromatic N) is 5. The van der Waals surface area contributed by atoms with E-state index in [9.17, 15) is 14.4 Å². The van der Waals surface area contributed by atoms with E-state index in [1.54, 1.807) is 17.2 Å². The molecule has 2 aromatic carbocycles. The molecule has 0 unspecified atom stereocenters. The minimum absolute atomic E-state index is 0.200. The molecular formula is C46H58ClN9O4. The zero-order valence-electron chi connectivity index (χ0n) is 34.7. The Morgan fingerprint density at radius 3 is 2.38 bits per heavy atom. The van der Waals surface area contributed by atoms with Crippen LogP contribution >= 0.6 is 11.6 Å². The lowest BCUT2D eigenvalue weighted by Crippen LogP contribution is -2.52. The number of fused-ring (bicyclic) bond motifs is 1. The second-order valence-corrected chi connectivity index (χ2v) is 17.5. The molecule has 2 saturated carbocycles. The molecule has 3 fully saturated rings. The van der Waals surface area contributed by atoms with Crippen LogP contribution in [0.1, 0.15) is 116 Å². The maximum Gasteiger partial charge on any atom is 0.255 e. The Labute approximate surface area is 357 Å². The molecule has 3 amide bonds. The van der Waals surface area contributed by atoms with E-state index < -0.39 is 11.9 Å². The number of unbranched alkanes of at least 4 members (excludes halogenated alkanes) is 4. The Kier molecular flexibility index (Phi) is 13.7. The monoisotopic (exact) mass is 835 g/mol. The third kappa shape index (κ3) is 10.5. The van der Waals surface area contributed by atoms with Crippen LogP contribution in [-0.4, -0.2) is 73.6 Å². The van der Waals surface area contributed by atoms with Crippen LogP contribution < -0.4 is 26.0 Å². The number of carbonyl (C=O) groups excluding carboxylic acids is 3. The number of hydrogen-bond donors (Lipinski definition) is 4. The number of benzene rings is 2. The first kappa shape index (κ1) is 41.9. The molecule has 0 spiro atoms. The van der Waals surface area contributed by atoms with Crippen molar-refractivity contribution in [1.82, 2.24) is 40.6 Å². The van der Waals surface area contributed by atoms with E-state index in [0.717, 1.165) is 80.0 Å². The molecule has 1 saturated heterocycles. The van der Waals surface area contributed by atoms with E-state index in [-0.39, 0.29) is 18.2 Å². The number of amides is 3. The first-order chi connectivity index (χ1) is 29.3. The number of piperidine rings is 1. The fourth-order valence-corrected chi connectivity index (χ4v) is 8.99. The van der Waals surface area contributed by atoms with Gasteiger partial charge in [0, 0.05) is 54.5 Å². The molecule has 318 valence electrons. The first-order valence-electron chi connectivity index (χ1n) is 22.0. The summed E-state index contributed by atoms with van der Waals surface area (Å²) in [6.45, 7) is 3.58. The van der Waals surface area contributed by atoms with Crippen molar-refractivity contribution in [2.75, 3.05) is 18.4 Å². The summed E-state index contributed by atoms with van der Waals surface area (Å²) in [7, 11) is 2.00. The number of aryl methyl sites for hydroxylation is 1. The highest BCUT2D eigenvalue weighted by Gasteiger charge is 2.40. The summed E-state index contributed by atoms with van der Waals surface area (Å²) in [5.74, 6) is 1.13. The van der Waals surface area contributed by atoms with Gasteiger partial charge in [0.05, 0.1) is 29.7 Å². The van der Waals surface area contributed by atoms with Crippen molar-refractivity contribution in [1.29, 1.82) is 0 Å². The number of nitrogens with one attached hydrogen (secondary N) is 4. The number of aromatic nitrogens is 4. The van der Waals surface area contributed by atoms with Gasteiger partial charge >= 0.3 is 0 Å². The predicted octanol–water partition coefficient (Wildman–Crippen LogP) is 6.88. The second kappa shape index (κ2) is 19.7. The van der Waals surface area contributed by atoms with Crippen molar-refractivity contribution in [3.05, 3.63) is 87.8 Å². The van der Waals surface area contributed by atoms with Crippen LogP contribution in [0.25, 0.3) is 11.3 Å². The first-order valence-corrected chi connectivity index (χ1v) is 22.4. The summed E-state index contributed by atoms with van der Waals surface area (Å²) in [6, 6.07) is 14.2. The van der Waals surface area contributed by atoms with Gasteiger partial charge in [0.25, 0.3) is 5.91 Å².